The van der Waals surface area contributed by atoms with Crippen LogP contribution < -0.4 is 19.5 Å². The van der Waals surface area contributed by atoms with Crippen LogP contribution in [0.1, 0.15) is 11.1 Å². The Morgan fingerprint density at radius 3 is 2.07 bits per heavy atom. The molecule has 8 nitrogen and oxygen atoms in total. The lowest BCUT2D eigenvalue weighted by Gasteiger charge is -2.15. The Morgan fingerprint density at radius 2 is 1.56 bits per heavy atom. The zero-order chi connectivity index (χ0) is 20.4. The first kappa shape index (κ1) is 21.6. The van der Waals surface area contributed by atoms with Crippen molar-refractivity contribution in [2.24, 2.45) is 0 Å². The number of aliphatic carboxylic acids is 2. The van der Waals surface area contributed by atoms with E-state index in [9.17, 15) is 0 Å². The summed E-state index contributed by atoms with van der Waals surface area (Å²) in [7, 11) is 4.95. The van der Waals surface area contributed by atoms with Crippen LogP contribution in [0.15, 0.2) is 36.4 Å². The third-order valence-electron chi connectivity index (χ3n) is 3.49. The molecule has 0 amide bonds. The Balaban J connectivity index is 0.000000527. The normalized spacial score (nSPS) is 9.48. The van der Waals surface area contributed by atoms with E-state index in [1.54, 1.807) is 21.3 Å². The van der Waals surface area contributed by atoms with Gasteiger partial charge in [0.1, 0.15) is 5.75 Å². The van der Waals surface area contributed by atoms with Gasteiger partial charge >= 0.3 is 11.9 Å². The number of nitrogens with one attached hydrogen (secondary N) is 1. The molecule has 2 aromatic carbocycles. The molecule has 27 heavy (non-hydrogen) atoms. The van der Waals surface area contributed by atoms with E-state index in [0.717, 1.165) is 28.5 Å². The van der Waals surface area contributed by atoms with Crippen molar-refractivity contribution in [2.45, 2.75) is 13.5 Å². The van der Waals surface area contributed by atoms with Gasteiger partial charge in [0, 0.05) is 12.1 Å². The molecule has 2 rings (SSSR count). The maximum atomic E-state index is 9.10. The van der Waals surface area contributed by atoms with Crippen LogP contribution in [0, 0.1) is 6.92 Å². The fraction of sp³-hybridized carbons (Fsp3) is 0.263. The Kier molecular flexibility index (Phi) is 8.44. The molecule has 0 radical (unpaired) electrons. The zero-order valence-corrected chi connectivity index (χ0v) is 15.6. The molecule has 0 spiro atoms. The molecular weight excluding hydrogens is 354 g/mol. The highest BCUT2D eigenvalue weighted by atomic mass is 16.5. The number of hydrogen-bond acceptors (Lipinski definition) is 6. The highest BCUT2D eigenvalue weighted by Gasteiger charge is 2.10. The van der Waals surface area contributed by atoms with Crippen LogP contribution in [0.4, 0.5) is 5.69 Å². The summed E-state index contributed by atoms with van der Waals surface area (Å²) >= 11 is 0. The molecule has 0 aromatic heterocycles. The van der Waals surface area contributed by atoms with Crippen molar-refractivity contribution < 1.29 is 34.0 Å². The lowest BCUT2D eigenvalue weighted by atomic mass is 10.1. The van der Waals surface area contributed by atoms with Gasteiger partial charge in [-0.3, -0.25) is 0 Å². The molecule has 0 saturated heterocycles. The summed E-state index contributed by atoms with van der Waals surface area (Å²) in [5, 5.41) is 18.2. The average molecular weight is 377 g/mol. The Labute approximate surface area is 157 Å². The van der Waals surface area contributed by atoms with Crippen LogP contribution in [0.2, 0.25) is 0 Å². The summed E-state index contributed by atoms with van der Waals surface area (Å²) in [4.78, 5) is 18.2. The second kappa shape index (κ2) is 10.5. The lowest BCUT2D eigenvalue weighted by molar-refractivity contribution is -0.159. The molecule has 0 fully saturated rings. The first-order chi connectivity index (χ1) is 12.8. The number of ether oxygens (including phenoxy) is 3. The number of anilines is 1. The van der Waals surface area contributed by atoms with Crippen molar-refractivity contribution >= 4 is 17.6 Å². The number of carbonyl (C=O) groups is 2. The van der Waals surface area contributed by atoms with Gasteiger partial charge < -0.3 is 29.7 Å². The monoisotopic (exact) mass is 377 g/mol. The number of aryl methyl sites for hydroxylation is 1. The third-order valence-corrected chi connectivity index (χ3v) is 3.49. The zero-order valence-electron chi connectivity index (χ0n) is 15.6. The van der Waals surface area contributed by atoms with E-state index < -0.39 is 11.9 Å². The molecule has 0 aliphatic carbocycles. The van der Waals surface area contributed by atoms with Crippen molar-refractivity contribution in [1.82, 2.24) is 0 Å². The van der Waals surface area contributed by atoms with E-state index in [0.29, 0.717) is 6.54 Å². The van der Waals surface area contributed by atoms with Crippen LogP contribution in [0.25, 0.3) is 0 Å². The second-order valence-electron chi connectivity index (χ2n) is 5.32. The van der Waals surface area contributed by atoms with Crippen molar-refractivity contribution in [2.75, 3.05) is 26.6 Å². The van der Waals surface area contributed by atoms with Crippen LogP contribution in [0.5, 0.6) is 17.2 Å². The van der Waals surface area contributed by atoms with Gasteiger partial charge in [-0.05, 0) is 30.7 Å². The molecule has 3 N–H and O–H groups in total. The molecule has 146 valence electrons. The second-order valence-corrected chi connectivity index (χ2v) is 5.32. The quantitative estimate of drug-likeness (QED) is 0.659. The van der Waals surface area contributed by atoms with Crippen molar-refractivity contribution in [3.05, 3.63) is 47.5 Å². The van der Waals surface area contributed by atoms with Crippen molar-refractivity contribution in [1.29, 1.82) is 0 Å². The summed E-state index contributed by atoms with van der Waals surface area (Å²) in [5.74, 6) is -1.35. The molecule has 2 aromatic rings. The van der Waals surface area contributed by atoms with E-state index in [2.05, 4.69) is 18.3 Å². The van der Waals surface area contributed by atoms with Gasteiger partial charge in [0.25, 0.3) is 0 Å². The highest BCUT2D eigenvalue weighted by molar-refractivity contribution is 6.27. The fourth-order valence-corrected chi connectivity index (χ4v) is 2.24. The van der Waals surface area contributed by atoms with Gasteiger partial charge in [-0.25, -0.2) is 9.59 Å². The molecule has 0 atom stereocenters. The van der Waals surface area contributed by atoms with E-state index in [1.165, 1.54) is 5.56 Å². The smallest absolute Gasteiger partial charge is 0.414 e. The third kappa shape index (κ3) is 6.43. The average Bonchev–Trinajstić information content (AvgIpc) is 2.66. The highest BCUT2D eigenvalue weighted by Crippen LogP contribution is 2.32. The van der Waals surface area contributed by atoms with Gasteiger partial charge in [-0.1, -0.05) is 18.2 Å². The van der Waals surface area contributed by atoms with Gasteiger partial charge in [0.15, 0.2) is 11.5 Å². The SMILES string of the molecule is COc1ccc(C)cc1NCc1cccc(OC)c1OC.O=C(O)C(=O)O. The standard InChI is InChI=1S/C17H21NO3.C2H2O4/c1-12-8-9-15(19-2)14(10-12)18-11-13-6-5-7-16(20-3)17(13)21-4;3-1(4)2(5)6/h5-10,18H,11H2,1-4H3;(H,3,4)(H,5,6). The minimum Gasteiger partial charge on any atom is -0.495 e. The number of rotatable bonds is 6. The minimum absolute atomic E-state index is 0.625. The molecule has 0 unspecified atom stereocenters. The fourth-order valence-electron chi connectivity index (χ4n) is 2.24. The minimum atomic E-state index is -1.82. The molecule has 0 aliphatic rings. The van der Waals surface area contributed by atoms with Crippen LogP contribution in [-0.2, 0) is 16.1 Å². The first-order valence-corrected chi connectivity index (χ1v) is 7.88. The van der Waals surface area contributed by atoms with Crippen LogP contribution in [0.3, 0.4) is 0 Å². The summed E-state index contributed by atoms with van der Waals surface area (Å²) < 4.78 is 16.1. The maximum absolute atomic E-state index is 9.10. The Hall–Kier alpha value is -3.42. The van der Waals surface area contributed by atoms with E-state index in [4.69, 9.17) is 34.0 Å². The molecule has 0 aliphatic heterocycles. The van der Waals surface area contributed by atoms with Crippen molar-refractivity contribution in [3.63, 3.8) is 0 Å². The predicted octanol–water partition coefficient (Wildman–Crippen LogP) is 2.79. The molecule has 0 saturated carbocycles. The summed E-state index contributed by atoms with van der Waals surface area (Å²) in [6, 6.07) is 11.9. The number of methoxy groups -OCH3 is 3. The van der Waals surface area contributed by atoms with Gasteiger partial charge in [0.2, 0.25) is 0 Å². The van der Waals surface area contributed by atoms with Gasteiger partial charge in [-0.2, -0.15) is 0 Å². The molecule has 0 heterocycles. The summed E-state index contributed by atoms with van der Waals surface area (Å²) in [6.45, 7) is 2.68. The summed E-state index contributed by atoms with van der Waals surface area (Å²) in [5.41, 5.74) is 3.17. The van der Waals surface area contributed by atoms with E-state index in [1.807, 2.05) is 30.3 Å². The van der Waals surface area contributed by atoms with E-state index >= 15 is 0 Å². The number of carboxylic acids is 2. The maximum Gasteiger partial charge on any atom is 0.414 e. The predicted molar refractivity (Wildman–Crippen MR) is 99.9 cm³/mol. The summed E-state index contributed by atoms with van der Waals surface area (Å²) in [6.07, 6.45) is 0. The number of hydrogen-bond donors (Lipinski definition) is 3. The number of carboxylic acid groups (broad SMARTS) is 2. The largest absolute Gasteiger partial charge is 0.495 e. The van der Waals surface area contributed by atoms with Gasteiger partial charge in [-0.15, -0.1) is 0 Å². The number of benzene rings is 2. The van der Waals surface area contributed by atoms with Crippen LogP contribution >= 0.6 is 0 Å². The molecule has 0 bridgehead atoms. The Bertz CT molecular complexity index is 778. The number of para-hydroxylation sites is 1. The van der Waals surface area contributed by atoms with E-state index in [-0.39, 0.29) is 0 Å². The molecule has 8 heteroatoms. The molecular formula is C19H23NO7. The topological polar surface area (TPSA) is 114 Å². The Morgan fingerprint density at radius 1 is 0.926 bits per heavy atom. The first-order valence-electron chi connectivity index (χ1n) is 7.88. The van der Waals surface area contributed by atoms with Crippen LogP contribution in [-0.4, -0.2) is 43.5 Å². The lowest BCUT2D eigenvalue weighted by Crippen LogP contribution is -2.09. The van der Waals surface area contributed by atoms with Crippen molar-refractivity contribution in [3.8, 4) is 17.2 Å². The van der Waals surface area contributed by atoms with Gasteiger partial charge in [0.05, 0.1) is 27.0 Å².